The summed E-state index contributed by atoms with van der Waals surface area (Å²) in [6.45, 7) is 0. The average Bonchev–Trinajstić information content (AvgIpc) is 2.63. The van der Waals surface area contributed by atoms with Crippen LogP contribution in [-0.2, 0) is 0 Å². The molecule has 0 aromatic heterocycles. The molecule has 0 saturated heterocycles. The van der Waals surface area contributed by atoms with E-state index in [1.54, 1.807) is 7.11 Å². The smallest absolute Gasteiger partial charge is 0.255 e. The molecule has 1 saturated carbocycles. The molecule has 0 bridgehead atoms. The molecule has 3 rings (SSSR count). The quantitative estimate of drug-likeness (QED) is 0.794. The Morgan fingerprint density at radius 1 is 1.08 bits per heavy atom. The van der Waals surface area contributed by atoms with Crippen molar-refractivity contribution in [2.75, 3.05) is 12.4 Å². The first-order valence-corrected chi connectivity index (χ1v) is 9.35. The fourth-order valence-electron chi connectivity index (χ4n) is 3.03. The van der Waals surface area contributed by atoms with Crippen LogP contribution in [0.3, 0.4) is 0 Å². The number of hydrogen-bond acceptors (Lipinski definition) is 3. The molecule has 1 N–H and O–H groups in total. The van der Waals surface area contributed by atoms with Crippen molar-refractivity contribution in [1.82, 2.24) is 0 Å². The van der Waals surface area contributed by atoms with Crippen LogP contribution in [0.4, 0.5) is 5.69 Å². The van der Waals surface area contributed by atoms with Crippen molar-refractivity contribution in [2.45, 2.75) is 42.2 Å². The van der Waals surface area contributed by atoms with Gasteiger partial charge in [0.1, 0.15) is 5.75 Å². The Bertz CT molecular complexity index is 696. The second kappa shape index (κ2) is 8.25. The Kier molecular flexibility index (Phi) is 5.81. The molecule has 2 aromatic carbocycles. The first-order valence-electron chi connectivity index (χ1n) is 8.47. The lowest BCUT2D eigenvalue weighted by Crippen LogP contribution is -2.13. The van der Waals surface area contributed by atoms with Gasteiger partial charge in [-0.25, -0.2) is 0 Å². The molecule has 1 aliphatic carbocycles. The van der Waals surface area contributed by atoms with Crippen molar-refractivity contribution in [2.24, 2.45) is 0 Å². The van der Waals surface area contributed by atoms with E-state index in [1.165, 1.54) is 37.0 Å². The number of para-hydroxylation sites is 2. The van der Waals surface area contributed by atoms with Gasteiger partial charge in [-0.3, -0.25) is 4.79 Å². The fraction of sp³-hybridized carbons (Fsp3) is 0.350. The summed E-state index contributed by atoms with van der Waals surface area (Å²) >= 11 is 1.91. The number of methoxy groups -OCH3 is 1. The molecule has 0 atom stereocenters. The molecular formula is C20H23NO2S. The van der Waals surface area contributed by atoms with Gasteiger partial charge in [-0.05, 0) is 43.2 Å². The zero-order valence-electron chi connectivity index (χ0n) is 14.0. The minimum absolute atomic E-state index is 0.106. The number of amides is 1. The summed E-state index contributed by atoms with van der Waals surface area (Å²) in [5.74, 6) is 0.559. The Morgan fingerprint density at radius 2 is 1.88 bits per heavy atom. The Morgan fingerprint density at radius 3 is 2.67 bits per heavy atom. The van der Waals surface area contributed by atoms with Gasteiger partial charge < -0.3 is 10.1 Å². The van der Waals surface area contributed by atoms with Crippen LogP contribution >= 0.6 is 11.8 Å². The third-order valence-electron chi connectivity index (χ3n) is 4.31. The van der Waals surface area contributed by atoms with Crippen LogP contribution in [0, 0.1) is 0 Å². The summed E-state index contributed by atoms with van der Waals surface area (Å²) in [6, 6.07) is 15.4. The molecule has 0 radical (unpaired) electrons. The Balaban J connectivity index is 1.69. The zero-order valence-corrected chi connectivity index (χ0v) is 14.8. The molecule has 0 heterocycles. The SMILES string of the molecule is COc1ccccc1NC(=O)c1cccc(SC2CCCCC2)c1. The third kappa shape index (κ3) is 4.32. The lowest BCUT2D eigenvalue weighted by Gasteiger charge is -2.21. The van der Waals surface area contributed by atoms with Gasteiger partial charge in [0.15, 0.2) is 0 Å². The highest BCUT2D eigenvalue weighted by molar-refractivity contribution is 8.00. The van der Waals surface area contributed by atoms with Crippen LogP contribution in [0.1, 0.15) is 42.5 Å². The van der Waals surface area contributed by atoms with Crippen LogP contribution in [0.2, 0.25) is 0 Å². The second-order valence-electron chi connectivity index (χ2n) is 6.06. The number of anilines is 1. The number of carbonyl (C=O) groups excluding carboxylic acids is 1. The maximum Gasteiger partial charge on any atom is 0.255 e. The molecule has 0 spiro atoms. The van der Waals surface area contributed by atoms with Crippen molar-refractivity contribution in [3.63, 3.8) is 0 Å². The van der Waals surface area contributed by atoms with Gasteiger partial charge in [-0.15, -0.1) is 11.8 Å². The van der Waals surface area contributed by atoms with Crippen LogP contribution in [0.15, 0.2) is 53.4 Å². The number of carbonyl (C=O) groups is 1. The van der Waals surface area contributed by atoms with Crippen molar-refractivity contribution in [3.05, 3.63) is 54.1 Å². The van der Waals surface area contributed by atoms with E-state index in [1.807, 2.05) is 54.2 Å². The van der Waals surface area contributed by atoms with Gasteiger partial charge in [0.2, 0.25) is 0 Å². The molecule has 24 heavy (non-hydrogen) atoms. The predicted molar refractivity (Wildman–Crippen MR) is 100 cm³/mol. The van der Waals surface area contributed by atoms with E-state index in [2.05, 4.69) is 11.4 Å². The van der Waals surface area contributed by atoms with Gasteiger partial charge in [0.25, 0.3) is 5.91 Å². The lowest BCUT2D eigenvalue weighted by atomic mass is 10.0. The highest BCUT2D eigenvalue weighted by atomic mass is 32.2. The number of nitrogens with one attached hydrogen (secondary N) is 1. The highest BCUT2D eigenvalue weighted by Crippen LogP contribution is 2.34. The largest absolute Gasteiger partial charge is 0.495 e. The summed E-state index contributed by atoms with van der Waals surface area (Å²) < 4.78 is 5.29. The number of ether oxygens (including phenoxy) is 1. The third-order valence-corrected chi connectivity index (χ3v) is 5.64. The van der Waals surface area contributed by atoms with Crippen molar-refractivity contribution in [3.8, 4) is 5.75 Å². The van der Waals surface area contributed by atoms with E-state index in [4.69, 9.17) is 4.74 Å². The first kappa shape index (κ1) is 16.9. The fourth-order valence-corrected chi connectivity index (χ4v) is 4.33. The number of benzene rings is 2. The van der Waals surface area contributed by atoms with E-state index in [-0.39, 0.29) is 5.91 Å². The molecule has 0 aliphatic heterocycles. The first-order chi connectivity index (χ1) is 11.8. The lowest BCUT2D eigenvalue weighted by molar-refractivity contribution is 0.102. The minimum Gasteiger partial charge on any atom is -0.495 e. The highest BCUT2D eigenvalue weighted by Gasteiger charge is 2.16. The Labute approximate surface area is 147 Å². The normalized spacial score (nSPS) is 15.0. The van der Waals surface area contributed by atoms with Gasteiger partial charge in [-0.2, -0.15) is 0 Å². The standard InChI is InChI=1S/C20H23NO2S/c1-23-19-13-6-5-12-18(19)21-20(22)15-8-7-11-17(14-15)24-16-9-3-2-4-10-16/h5-8,11-14,16H,2-4,9-10H2,1H3,(H,21,22). The monoisotopic (exact) mass is 341 g/mol. The molecular weight excluding hydrogens is 318 g/mol. The van der Waals surface area contributed by atoms with Crippen LogP contribution < -0.4 is 10.1 Å². The van der Waals surface area contributed by atoms with E-state index >= 15 is 0 Å². The summed E-state index contributed by atoms with van der Waals surface area (Å²) in [6.07, 6.45) is 6.57. The summed E-state index contributed by atoms with van der Waals surface area (Å²) in [5, 5.41) is 3.62. The van der Waals surface area contributed by atoms with Gasteiger partial charge in [-0.1, -0.05) is 37.5 Å². The summed E-state index contributed by atoms with van der Waals surface area (Å²) in [5.41, 5.74) is 1.37. The van der Waals surface area contributed by atoms with Crippen LogP contribution in [-0.4, -0.2) is 18.3 Å². The topological polar surface area (TPSA) is 38.3 Å². The van der Waals surface area contributed by atoms with Gasteiger partial charge in [0.05, 0.1) is 12.8 Å². The summed E-state index contributed by atoms with van der Waals surface area (Å²) in [4.78, 5) is 13.7. The van der Waals surface area contributed by atoms with Crippen molar-refractivity contribution < 1.29 is 9.53 Å². The maximum atomic E-state index is 12.6. The summed E-state index contributed by atoms with van der Waals surface area (Å²) in [7, 11) is 1.60. The van der Waals surface area contributed by atoms with Gasteiger partial charge in [0, 0.05) is 15.7 Å². The van der Waals surface area contributed by atoms with E-state index in [0.717, 1.165) is 0 Å². The molecule has 126 valence electrons. The van der Waals surface area contributed by atoms with Gasteiger partial charge >= 0.3 is 0 Å². The number of hydrogen-bond donors (Lipinski definition) is 1. The Hall–Kier alpha value is -1.94. The number of rotatable bonds is 5. The van der Waals surface area contributed by atoms with Crippen molar-refractivity contribution >= 4 is 23.4 Å². The maximum absolute atomic E-state index is 12.6. The minimum atomic E-state index is -0.106. The average molecular weight is 341 g/mol. The van der Waals surface area contributed by atoms with Crippen LogP contribution in [0.5, 0.6) is 5.75 Å². The molecule has 1 aliphatic rings. The molecule has 2 aromatic rings. The predicted octanol–water partition coefficient (Wildman–Crippen LogP) is 5.37. The molecule has 1 fully saturated rings. The zero-order chi connectivity index (χ0) is 16.8. The van der Waals surface area contributed by atoms with E-state index in [9.17, 15) is 4.79 Å². The molecule has 3 nitrogen and oxygen atoms in total. The number of thioether (sulfide) groups is 1. The molecule has 0 unspecified atom stereocenters. The van der Waals surface area contributed by atoms with Crippen LogP contribution in [0.25, 0.3) is 0 Å². The van der Waals surface area contributed by atoms with E-state index < -0.39 is 0 Å². The van der Waals surface area contributed by atoms with Crippen molar-refractivity contribution in [1.29, 1.82) is 0 Å². The van der Waals surface area contributed by atoms with E-state index in [0.29, 0.717) is 22.3 Å². The second-order valence-corrected chi connectivity index (χ2v) is 7.43. The molecule has 1 amide bonds. The molecule has 4 heteroatoms.